The van der Waals surface area contributed by atoms with Crippen LogP contribution >= 0.6 is 0 Å². The van der Waals surface area contributed by atoms with Crippen LogP contribution in [0.15, 0.2) is 24.3 Å². The number of benzene rings is 1. The zero-order chi connectivity index (χ0) is 15.7. The van der Waals surface area contributed by atoms with Gasteiger partial charge in [-0.25, -0.2) is 0 Å². The molecule has 2 heterocycles. The van der Waals surface area contributed by atoms with E-state index in [2.05, 4.69) is 5.32 Å². The maximum atomic E-state index is 12.6. The number of nitrogens with one attached hydrogen (secondary N) is 1. The predicted molar refractivity (Wildman–Crippen MR) is 82.9 cm³/mol. The molecule has 22 heavy (non-hydrogen) atoms. The Morgan fingerprint density at radius 3 is 2.91 bits per heavy atom. The first kappa shape index (κ1) is 14.8. The minimum atomic E-state index is -0.567. The number of fused-ring (bicyclic) bond motifs is 1. The molecule has 1 fully saturated rings. The van der Waals surface area contributed by atoms with Crippen LogP contribution in [0.3, 0.4) is 0 Å². The molecule has 2 amide bonds. The molecule has 0 spiro atoms. The molecule has 0 aromatic heterocycles. The molecule has 2 atom stereocenters. The number of rotatable bonds is 2. The second-order valence-electron chi connectivity index (χ2n) is 5.79. The number of amides is 2. The van der Waals surface area contributed by atoms with Crippen LogP contribution in [0.1, 0.15) is 13.8 Å². The Kier molecular flexibility index (Phi) is 4.02. The Labute approximate surface area is 130 Å². The topological polar surface area (TPSA) is 61.9 Å². The molecule has 1 aromatic rings. The van der Waals surface area contributed by atoms with E-state index in [-0.39, 0.29) is 24.4 Å². The summed E-state index contributed by atoms with van der Waals surface area (Å²) in [5, 5.41) is 3.26. The molecule has 0 bridgehead atoms. The quantitative estimate of drug-likeness (QED) is 0.870. The summed E-state index contributed by atoms with van der Waals surface area (Å²) in [5.74, 6) is 0.455. The van der Waals surface area contributed by atoms with Crippen molar-refractivity contribution in [2.45, 2.75) is 26.0 Å². The third-order valence-electron chi connectivity index (χ3n) is 4.19. The van der Waals surface area contributed by atoms with Crippen molar-refractivity contribution in [3.63, 3.8) is 0 Å². The van der Waals surface area contributed by atoms with E-state index in [9.17, 15) is 9.59 Å². The first-order valence-corrected chi connectivity index (χ1v) is 7.65. The summed E-state index contributed by atoms with van der Waals surface area (Å²) in [6, 6.07) is 7.48. The molecular weight excluding hydrogens is 282 g/mol. The van der Waals surface area contributed by atoms with E-state index in [0.717, 1.165) is 13.1 Å². The number of ether oxygens (including phenoxy) is 1. The van der Waals surface area contributed by atoms with Crippen molar-refractivity contribution in [3.05, 3.63) is 24.3 Å². The lowest BCUT2D eigenvalue weighted by Gasteiger charge is -2.37. The number of hydrogen-bond acceptors (Lipinski definition) is 4. The van der Waals surface area contributed by atoms with Gasteiger partial charge in [0.15, 0.2) is 6.10 Å². The fourth-order valence-corrected chi connectivity index (χ4v) is 2.96. The average Bonchev–Trinajstić information content (AvgIpc) is 2.52. The summed E-state index contributed by atoms with van der Waals surface area (Å²) >= 11 is 0. The van der Waals surface area contributed by atoms with Gasteiger partial charge in [-0.1, -0.05) is 12.1 Å². The number of nitrogens with zero attached hydrogens (tertiary/aromatic N) is 2. The van der Waals surface area contributed by atoms with Crippen LogP contribution in [0, 0.1) is 0 Å². The van der Waals surface area contributed by atoms with Gasteiger partial charge in [0.05, 0.1) is 5.69 Å². The highest BCUT2D eigenvalue weighted by atomic mass is 16.5. The van der Waals surface area contributed by atoms with Gasteiger partial charge in [0.2, 0.25) is 5.91 Å². The number of carbonyl (C=O) groups excluding carboxylic acids is 2. The van der Waals surface area contributed by atoms with Crippen LogP contribution in [-0.4, -0.2) is 55.0 Å². The first-order valence-electron chi connectivity index (χ1n) is 7.65. The number of piperazine rings is 1. The van der Waals surface area contributed by atoms with Crippen LogP contribution in [0.5, 0.6) is 5.75 Å². The second kappa shape index (κ2) is 5.96. The standard InChI is InChI=1S/C16H21N3O3/c1-11-9-17-7-8-18(11)15(20)10-19-13-5-3-4-6-14(13)22-12(2)16(19)21/h3-6,11-12,17H,7-10H2,1-2H3/t11-,12?/m1/s1. The molecular formula is C16H21N3O3. The molecule has 1 saturated heterocycles. The van der Waals surface area contributed by atoms with Crippen LogP contribution < -0.4 is 15.0 Å². The molecule has 3 rings (SSSR count). The highest BCUT2D eigenvalue weighted by molar-refractivity contribution is 6.03. The maximum Gasteiger partial charge on any atom is 0.268 e. The third kappa shape index (κ3) is 2.66. The largest absolute Gasteiger partial charge is 0.479 e. The lowest BCUT2D eigenvalue weighted by Crippen LogP contribution is -2.56. The van der Waals surface area contributed by atoms with E-state index in [1.807, 2.05) is 36.1 Å². The minimum absolute atomic E-state index is 0.0220. The van der Waals surface area contributed by atoms with Gasteiger partial charge in [0.1, 0.15) is 12.3 Å². The van der Waals surface area contributed by atoms with Crippen LogP contribution in [0.25, 0.3) is 0 Å². The van der Waals surface area contributed by atoms with E-state index in [4.69, 9.17) is 4.74 Å². The van der Waals surface area contributed by atoms with Crippen molar-refractivity contribution in [1.29, 1.82) is 0 Å². The van der Waals surface area contributed by atoms with Crippen molar-refractivity contribution in [2.75, 3.05) is 31.1 Å². The lowest BCUT2D eigenvalue weighted by atomic mass is 10.1. The average molecular weight is 303 g/mol. The van der Waals surface area contributed by atoms with Gasteiger partial charge in [-0.3, -0.25) is 14.5 Å². The molecule has 118 valence electrons. The highest BCUT2D eigenvalue weighted by Gasteiger charge is 2.34. The molecule has 1 aromatic carbocycles. The maximum absolute atomic E-state index is 12.6. The van der Waals surface area contributed by atoms with Crippen molar-refractivity contribution >= 4 is 17.5 Å². The Morgan fingerprint density at radius 1 is 1.36 bits per heavy atom. The monoisotopic (exact) mass is 303 g/mol. The van der Waals surface area contributed by atoms with Gasteiger partial charge in [-0.15, -0.1) is 0 Å². The number of para-hydroxylation sites is 2. The molecule has 1 N–H and O–H groups in total. The third-order valence-corrected chi connectivity index (χ3v) is 4.19. The fourth-order valence-electron chi connectivity index (χ4n) is 2.96. The summed E-state index contributed by atoms with van der Waals surface area (Å²) in [5.41, 5.74) is 0.668. The van der Waals surface area contributed by atoms with Crippen molar-refractivity contribution in [3.8, 4) is 5.75 Å². The molecule has 0 saturated carbocycles. The van der Waals surface area contributed by atoms with E-state index >= 15 is 0 Å². The van der Waals surface area contributed by atoms with Gasteiger partial charge in [0.25, 0.3) is 5.91 Å². The molecule has 6 heteroatoms. The molecule has 0 aliphatic carbocycles. The fraction of sp³-hybridized carbons (Fsp3) is 0.500. The summed E-state index contributed by atoms with van der Waals surface area (Å²) in [7, 11) is 0. The summed E-state index contributed by atoms with van der Waals surface area (Å²) in [6.07, 6.45) is -0.567. The Hall–Kier alpha value is -2.08. The van der Waals surface area contributed by atoms with Gasteiger partial charge in [0, 0.05) is 25.7 Å². The van der Waals surface area contributed by atoms with E-state index in [0.29, 0.717) is 18.0 Å². The van der Waals surface area contributed by atoms with E-state index < -0.39 is 6.10 Å². The molecule has 6 nitrogen and oxygen atoms in total. The van der Waals surface area contributed by atoms with E-state index in [1.54, 1.807) is 11.8 Å². The predicted octanol–water partition coefficient (Wildman–Crippen LogP) is 0.621. The first-order chi connectivity index (χ1) is 10.6. The summed E-state index contributed by atoms with van der Waals surface area (Å²) in [6.45, 7) is 6.05. The second-order valence-corrected chi connectivity index (χ2v) is 5.79. The summed E-state index contributed by atoms with van der Waals surface area (Å²) < 4.78 is 5.60. The Bertz CT molecular complexity index is 590. The zero-order valence-electron chi connectivity index (χ0n) is 12.9. The molecule has 2 aliphatic rings. The molecule has 2 aliphatic heterocycles. The highest BCUT2D eigenvalue weighted by Crippen LogP contribution is 2.33. The van der Waals surface area contributed by atoms with Gasteiger partial charge >= 0.3 is 0 Å². The van der Waals surface area contributed by atoms with Gasteiger partial charge in [-0.2, -0.15) is 0 Å². The SMILES string of the molecule is CC1Oc2ccccc2N(CC(=O)N2CCNC[C@H]2C)C1=O. The van der Waals surface area contributed by atoms with Crippen molar-refractivity contribution < 1.29 is 14.3 Å². The number of hydrogen-bond donors (Lipinski definition) is 1. The van der Waals surface area contributed by atoms with Crippen molar-refractivity contribution in [1.82, 2.24) is 10.2 Å². The lowest BCUT2D eigenvalue weighted by molar-refractivity contribution is -0.135. The Balaban J connectivity index is 1.81. The van der Waals surface area contributed by atoms with Crippen LogP contribution in [0.4, 0.5) is 5.69 Å². The summed E-state index contributed by atoms with van der Waals surface area (Å²) in [4.78, 5) is 28.4. The zero-order valence-corrected chi connectivity index (χ0v) is 12.9. The molecule has 1 unspecified atom stereocenters. The van der Waals surface area contributed by atoms with Crippen molar-refractivity contribution in [2.24, 2.45) is 0 Å². The van der Waals surface area contributed by atoms with Gasteiger partial charge in [-0.05, 0) is 26.0 Å². The number of carbonyl (C=O) groups is 2. The van der Waals surface area contributed by atoms with Gasteiger partial charge < -0.3 is 15.0 Å². The molecule has 0 radical (unpaired) electrons. The Morgan fingerprint density at radius 2 is 2.14 bits per heavy atom. The van der Waals surface area contributed by atoms with Crippen LogP contribution in [0.2, 0.25) is 0 Å². The van der Waals surface area contributed by atoms with E-state index in [1.165, 1.54) is 0 Å². The normalized spacial score (nSPS) is 24.7. The smallest absolute Gasteiger partial charge is 0.268 e. The number of anilines is 1. The minimum Gasteiger partial charge on any atom is -0.479 e. The van der Waals surface area contributed by atoms with Crippen LogP contribution in [-0.2, 0) is 9.59 Å².